The molecule has 20 heavy (non-hydrogen) atoms. The lowest BCUT2D eigenvalue weighted by molar-refractivity contribution is -0.130. The SMILES string of the molecule is CN(C)C(=O)CN1CCC(NCc2ccncc2)CC1. The minimum Gasteiger partial charge on any atom is -0.348 e. The van der Waals surface area contributed by atoms with E-state index in [9.17, 15) is 4.79 Å². The number of nitrogens with one attached hydrogen (secondary N) is 1. The number of piperidine rings is 1. The molecule has 1 fully saturated rings. The van der Waals surface area contributed by atoms with Gasteiger partial charge in [-0.25, -0.2) is 0 Å². The fourth-order valence-corrected chi connectivity index (χ4v) is 2.39. The van der Waals surface area contributed by atoms with Gasteiger partial charge < -0.3 is 10.2 Å². The number of nitrogens with zero attached hydrogens (tertiary/aromatic N) is 3. The molecule has 5 heteroatoms. The van der Waals surface area contributed by atoms with Crippen molar-refractivity contribution in [2.24, 2.45) is 0 Å². The largest absolute Gasteiger partial charge is 0.348 e. The van der Waals surface area contributed by atoms with Crippen LogP contribution in [-0.2, 0) is 11.3 Å². The van der Waals surface area contributed by atoms with Crippen LogP contribution in [0.4, 0.5) is 0 Å². The van der Waals surface area contributed by atoms with E-state index in [-0.39, 0.29) is 5.91 Å². The highest BCUT2D eigenvalue weighted by Crippen LogP contribution is 2.11. The smallest absolute Gasteiger partial charge is 0.236 e. The Morgan fingerprint density at radius 3 is 2.60 bits per heavy atom. The van der Waals surface area contributed by atoms with Crippen molar-refractivity contribution in [3.63, 3.8) is 0 Å². The molecule has 1 amide bonds. The van der Waals surface area contributed by atoms with Crippen molar-refractivity contribution >= 4 is 5.91 Å². The van der Waals surface area contributed by atoms with Crippen LogP contribution in [0.5, 0.6) is 0 Å². The van der Waals surface area contributed by atoms with Gasteiger partial charge in [0, 0.05) is 52.2 Å². The Morgan fingerprint density at radius 1 is 1.35 bits per heavy atom. The monoisotopic (exact) mass is 276 g/mol. The predicted octanol–water partition coefficient (Wildman–Crippen LogP) is 0.724. The summed E-state index contributed by atoms with van der Waals surface area (Å²) >= 11 is 0. The molecule has 1 aromatic heterocycles. The highest BCUT2D eigenvalue weighted by atomic mass is 16.2. The van der Waals surface area contributed by atoms with Crippen LogP contribution >= 0.6 is 0 Å². The summed E-state index contributed by atoms with van der Waals surface area (Å²) in [4.78, 5) is 19.6. The van der Waals surface area contributed by atoms with Crippen molar-refractivity contribution in [1.82, 2.24) is 20.1 Å². The maximum absolute atomic E-state index is 11.7. The standard InChI is InChI=1S/C15H24N4O/c1-18(2)15(20)12-19-9-5-14(6-10-19)17-11-13-3-7-16-8-4-13/h3-4,7-8,14,17H,5-6,9-12H2,1-2H3. The Balaban J connectivity index is 1.68. The van der Waals surface area contributed by atoms with E-state index in [1.54, 1.807) is 4.90 Å². The highest BCUT2D eigenvalue weighted by Gasteiger charge is 2.20. The van der Waals surface area contributed by atoms with Gasteiger partial charge in [0.1, 0.15) is 0 Å². The maximum Gasteiger partial charge on any atom is 0.236 e. The fraction of sp³-hybridized carbons (Fsp3) is 0.600. The van der Waals surface area contributed by atoms with Gasteiger partial charge in [0.15, 0.2) is 0 Å². The molecule has 2 heterocycles. The van der Waals surface area contributed by atoms with Gasteiger partial charge in [-0.1, -0.05) is 0 Å². The second kappa shape index (κ2) is 7.36. The molecular weight excluding hydrogens is 252 g/mol. The van der Waals surface area contributed by atoms with Crippen LogP contribution in [0, 0.1) is 0 Å². The third kappa shape index (κ3) is 4.58. The van der Waals surface area contributed by atoms with E-state index < -0.39 is 0 Å². The third-order valence-electron chi connectivity index (χ3n) is 3.79. The van der Waals surface area contributed by atoms with Crippen LogP contribution in [-0.4, -0.2) is 60.5 Å². The summed E-state index contributed by atoms with van der Waals surface area (Å²) in [6, 6.07) is 4.63. The molecule has 1 aliphatic rings. The lowest BCUT2D eigenvalue weighted by Crippen LogP contribution is -2.45. The van der Waals surface area contributed by atoms with Crippen LogP contribution in [0.2, 0.25) is 0 Å². The maximum atomic E-state index is 11.7. The Hall–Kier alpha value is -1.46. The van der Waals surface area contributed by atoms with Crippen molar-refractivity contribution < 1.29 is 4.79 Å². The van der Waals surface area contributed by atoms with Crippen molar-refractivity contribution in [2.45, 2.75) is 25.4 Å². The average molecular weight is 276 g/mol. The topological polar surface area (TPSA) is 48.5 Å². The summed E-state index contributed by atoms with van der Waals surface area (Å²) in [7, 11) is 3.62. The van der Waals surface area contributed by atoms with E-state index in [0.29, 0.717) is 12.6 Å². The fourth-order valence-electron chi connectivity index (χ4n) is 2.39. The molecular formula is C15H24N4O. The Bertz CT molecular complexity index is 413. The molecule has 1 N–H and O–H groups in total. The zero-order chi connectivity index (χ0) is 14.4. The van der Waals surface area contributed by atoms with Crippen LogP contribution < -0.4 is 5.32 Å². The molecule has 110 valence electrons. The third-order valence-corrected chi connectivity index (χ3v) is 3.79. The summed E-state index contributed by atoms with van der Waals surface area (Å²) < 4.78 is 0. The molecule has 0 saturated carbocycles. The molecule has 0 radical (unpaired) electrons. The molecule has 0 unspecified atom stereocenters. The number of carbonyl (C=O) groups is 1. The molecule has 1 aliphatic heterocycles. The Kier molecular flexibility index (Phi) is 5.49. The molecule has 0 aliphatic carbocycles. The molecule has 1 aromatic rings. The first-order chi connectivity index (χ1) is 9.65. The summed E-state index contributed by atoms with van der Waals surface area (Å²) in [6.45, 7) is 3.43. The second-order valence-electron chi connectivity index (χ2n) is 5.57. The normalized spacial score (nSPS) is 17.1. The number of pyridine rings is 1. The van der Waals surface area contributed by atoms with Crippen LogP contribution in [0.1, 0.15) is 18.4 Å². The first-order valence-corrected chi connectivity index (χ1v) is 7.20. The van der Waals surface area contributed by atoms with E-state index in [1.165, 1.54) is 5.56 Å². The van der Waals surface area contributed by atoms with Gasteiger partial charge in [0.05, 0.1) is 6.54 Å². The van der Waals surface area contributed by atoms with E-state index in [2.05, 4.69) is 15.2 Å². The van der Waals surface area contributed by atoms with Gasteiger partial charge in [-0.15, -0.1) is 0 Å². The van der Waals surface area contributed by atoms with E-state index in [1.807, 2.05) is 38.6 Å². The van der Waals surface area contributed by atoms with Crippen molar-refractivity contribution in [3.05, 3.63) is 30.1 Å². The molecule has 0 spiro atoms. The van der Waals surface area contributed by atoms with Crippen LogP contribution in [0.25, 0.3) is 0 Å². The molecule has 0 bridgehead atoms. The van der Waals surface area contributed by atoms with Crippen molar-refractivity contribution in [2.75, 3.05) is 33.7 Å². The lowest BCUT2D eigenvalue weighted by Gasteiger charge is -2.32. The van der Waals surface area contributed by atoms with Gasteiger partial charge in [-0.3, -0.25) is 14.7 Å². The number of amides is 1. The molecule has 0 atom stereocenters. The molecule has 5 nitrogen and oxygen atoms in total. The zero-order valence-corrected chi connectivity index (χ0v) is 12.4. The quantitative estimate of drug-likeness (QED) is 0.861. The summed E-state index contributed by atoms with van der Waals surface area (Å²) in [5.74, 6) is 0.188. The molecule has 2 rings (SSSR count). The van der Waals surface area contributed by atoms with E-state index in [4.69, 9.17) is 0 Å². The van der Waals surface area contributed by atoms with Crippen LogP contribution in [0.15, 0.2) is 24.5 Å². The average Bonchev–Trinajstić information content (AvgIpc) is 2.47. The number of hydrogen-bond donors (Lipinski definition) is 1. The number of rotatable bonds is 5. The number of likely N-dealkylation sites (tertiary alicyclic amines) is 1. The minimum atomic E-state index is 0.188. The highest BCUT2D eigenvalue weighted by molar-refractivity contribution is 5.77. The first kappa shape index (κ1) is 14.9. The number of likely N-dealkylation sites (N-methyl/N-ethyl adjacent to an activating group) is 1. The summed E-state index contributed by atoms with van der Waals surface area (Å²) in [5, 5.41) is 3.58. The van der Waals surface area contributed by atoms with Gasteiger partial charge in [-0.05, 0) is 30.5 Å². The van der Waals surface area contributed by atoms with Gasteiger partial charge in [0.25, 0.3) is 0 Å². The van der Waals surface area contributed by atoms with Crippen molar-refractivity contribution in [1.29, 1.82) is 0 Å². The summed E-state index contributed by atoms with van der Waals surface area (Å²) in [6.07, 6.45) is 5.86. The summed E-state index contributed by atoms with van der Waals surface area (Å²) in [5.41, 5.74) is 1.27. The van der Waals surface area contributed by atoms with Gasteiger partial charge in [0.2, 0.25) is 5.91 Å². The minimum absolute atomic E-state index is 0.188. The van der Waals surface area contributed by atoms with E-state index in [0.717, 1.165) is 32.5 Å². The van der Waals surface area contributed by atoms with Crippen LogP contribution in [0.3, 0.4) is 0 Å². The number of aromatic nitrogens is 1. The van der Waals surface area contributed by atoms with Gasteiger partial charge >= 0.3 is 0 Å². The Labute approximate surface area is 121 Å². The Morgan fingerprint density at radius 2 is 2.00 bits per heavy atom. The zero-order valence-electron chi connectivity index (χ0n) is 12.4. The second-order valence-corrected chi connectivity index (χ2v) is 5.57. The van der Waals surface area contributed by atoms with Gasteiger partial charge in [-0.2, -0.15) is 0 Å². The van der Waals surface area contributed by atoms with E-state index >= 15 is 0 Å². The molecule has 1 saturated heterocycles. The van der Waals surface area contributed by atoms with Crippen molar-refractivity contribution in [3.8, 4) is 0 Å². The number of hydrogen-bond acceptors (Lipinski definition) is 4. The predicted molar refractivity (Wildman–Crippen MR) is 79.2 cm³/mol. The first-order valence-electron chi connectivity index (χ1n) is 7.20. The lowest BCUT2D eigenvalue weighted by atomic mass is 10.0. The number of carbonyl (C=O) groups excluding carboxylic acids is 1. The molecule has 0 aromatic carbocycles.